The van der Waals surface area contributed by atoms with E-state index in [1.54, 1.807) is 27.0 Å². The fraction of sp³-hybridized carbons (Fsp3) is 0.238. The number of para-hydroxylation sites is 1. The fourth-order valence-corrected chi connectivity index (χ4v) is 2.69. The number of methoxy groups -OCH3 is 1. The Morgan fingerprint density at radius 2 is 1.85 bits per heavy atom. The number of hydrogen-bond donors (Lipinski definition) is 2. The molecule has 0 aliphatic heterocycles. The van der Waals surface area contributed by atoms with Gasteiger partial charge in [0.1, 0.15) is 5.75 Å². The van der Waals surface area contributed by atoms with Crippen LogP contribution in [-0.4, -0.2) is 35.3 Å². The van der Waals surface area contributed by atoms with Crippen molar-refractivity contribution in [3.05, 3.63) is 60.2 Å². The molecule has 0 atom stereocenters. The van der Waals surface area contributed by atoms with Gasteiger partial charge in [0, 0.05) is 10.9 Å². The molecular formula is C21H22N2O3. The highest BCUT2D eigenvalue weighted by atomic mass is 16.5. The Morgan fingerprint density at radius 1 is 1.15 bits per heavy atom. The molecule has 0 fully saturated rings. The summed E-state index contributed by atoms with van der Waals surface area (Å²) in [7, 11) is 1.62. The first-order valence-electron chi connectivity index (χ1n) is 8.41. The summed E-state index contributed by atoms with van der Waals surface area (Å²) in [5.41, 5.74) is 2.17. The Balaban J connectivity index is 2.10. The first kappa shape index (κ1) is 17.9. The monoisotopic (exact) mass is 350 g/mol. The number of ether oxygens (including phenoxy) is 1. The molecule has 0 radical (unpaired) electrons. The van der Waals surface area contributed by atoms with Crippen LogP contribution in [0.15, 0.2) is 54.6 Å². The first-order chi connectivity index (χ1) is 12.4. The first-order valence-corrected chi connectivity index (χ1v) is 8.41. The van der Waals surface area contributed by atoms with E-state index in [-0.39, 0.29) is 12.5 Å². The Hall–Kier alpha value is -2.92. The molecule has 1 heterocycles. The molecule has 26 heavy (non-hydrogen) atoms. The van der Waals surface area contributed by atoms with Gasteiger partial charge < -0.3 is 15.2 Å². The van der Waals surface area contributed by atoms with Gasteiger partial charge in [0.2, 0.25) is 0 Å². The van der Waals surface area contributed by atoms with Crippen molar-refractivity contribution in [1.82, 2.24) is 10.3 Å². The Kier molecular flexibility index (Phi) is 4.91. The van der Waals surface area contributed by atoms with E-state index in [1.807, 2.05) is 48.5 Å². The van der Waals surface area contributed by atoms with Crippen LogP contribution in [0.1, 0.15) is 24.2 Å². The van der Waals surface area contributed by atoms with Gasteiger partial charge >= 0.3 is 0 Å². The summed E-state index contributed by atoms with van der Waals surface area (Å²) in [5.74, 6) is 0.523. The van der Waals surface area contributed by atoms with Gasteiger partial charge in [-0.15, -0.1) is 0 Å². The number of fused-ring (bicyclic) bond motifs is 1. The third-order valence-corrected chi connectivity index (χ3v) is 4.19. The van der Waals surface area contributed by atoms with E-state index in [1.165, 1.54) is 0 Å². The smallest absolute Gasteiger partial charge is 0.252 e. The molecule has 2 N–H and O–H groups in total. The summed E-state index contributed by atoms with van der Waals surface area (Å²) in [6, 6.07) is 16.9. The number of carbonyl (C=O) groups is 1. The molecule has 0 saturated carbocycles. The average molecular weight is 350 g/mol. The normalized spacial score (nSPS) is 11.4. The third kappa shape index (κ3) is 3.68. The van der Waals surface area contributed by atoms with E-state index in [9.17, 15) is 9.90 Å². The predicted octanol–water partition coefficient (Wildman–Crippen LogP) is 3.41. The topological polar surface area (TPSA) is 71.5 Å². The van der Waals surface area contributed by atoms with Crippen molar-refractivity contribution >= 4 is 16.8 Å². The average Bonchev–Trinajstić information content (AvgIpc) is 2.66. The molecule has 0 aliphatic rings. The Morgan fingerprint density at radius 3 is 2.50 bits per heavy atom. The van der Waals surface area contributed by atoms with Gasteiger partial charge in [-0.1, -0.05) is 18.2 Å². The minimum Gasteiger partial charge on any atom is -0.497 e. The molecule has 134 valence electrons. The molecule has 0 aliphatic carbocycles. The van der Waals surface area contributed by atoms with Crippen molar-refractivity contribution in [3.63, 3.8) is 0 Å². The van der Waals surface area contributed by atoms with E-state index in [2.05, 4.69) is 5.32 Å². The van der Waals surface area contributed by atoms with E-state index in [0.717, 1.165) is 22.2 Å². The third-order valence-electron chi connectivity index (χ3n) is 4.19. The molecule has 2 aromatic carbocycles. The zero-order valence-corrected chi connectivity index (χ0v) is 15.1. The standard InChI is InChI=1S/C21H22N2O3/c1-21(2,13-24)23-20(25)17-12-19(14-8-10-15(26-3)11-9-14)22-18-7-5-4-6-16(17)18/h4-12,24H,13H2,1-3H3,(H,23,25). The number of nitrogens with zero attached hydrogens (tertiary/aromatic N) is 1. The van der Waals surface area contributed by atoms with Crippen molar-refractivity contribution in [2.24, 2.45) is 0 Å². The maximum absolute atomic E-state index is 12.8. The lowest BCUT2D eigenvalue weighted by molar-refractivity contribution is 0.0871. The van der Waals surface area contributed by atoms with Crippen molar-refractivity contribution in [3.8, 4) is 17.0 Å². The maximum atomic E-state index is 12.8. The number of aromatic nitrogens is 1. The molecule has 5 nitrogen and oxygen atoms in total. The molecule has 0 bridgehead atoms. The summed E-state index contributed by atoms with van der Waals surface area (Å²) in [5, 5.41) is 13.1. The molecule has 0 unspecified atom stereocenters. The molecule has 5 heteroatoms. The largest absolute Gasteiger partial charge is 0.497 e. The Bertz CT molecular complexity index is 934. The lowest BCUT2D eigenvalue weighted by Crippen LogP contribution is -2.46. The lowest BCUT2D eigenvalue weighted by Gasteiger charge is -2.24. The Labute approximate surface area is 152 Å². The van der Waals surface area contributed by atoms with Crippen LogP contribution in [0, 0.1) is 0 Å². The van der Waals surface area contributed by atoms with Gasteiger partial charge in [0.05, 0.1) is 36.0 Å². The number of carbonyl (C=O) groups excluding carboxylic acids is 1. The van der Waals surface area contributed by atoms with E-state index >= 15 is 0 Å². The molecule has 3 rings (SSSR count). The van der Waals surface area contributed by atoms with Crippen LogP contribution >= 0.6 is 0 Å². The summed E-state index contributed by atoms with van der Waals surface area (Å²) >= 11 is 0. The SMILES string of the molecule is COc1ccc(-c2cc(C(=O)NC(C)(C)CO)c3ccccc3n2)cc1. The minimum atomic E-state index is -0.707. The number of amides is 1. The van der Waals surface area contributed by atoms with Crippen LogP contribution < -0.4 is 10.1 Å². The van der Waals surface area contributed by atoms with Crippen LogP contribution in [0.4, 0.5) is 0 Å². The molecule has 3 aromatic rings. The zero-order chi connectivity index (χ0) is 18.7. The van der Waals surface area contributed by atoms with E-state index in [4.69, 9.17) is 9.72 Å². The van der Waals surface area contributed by atoms with E-state index in [0.29, 0.717) is 11.3 Å². The van der Waals surface area contributed by atoms with Gasteiger partial charge in [-0.3, -0.25) is 4.79 Å². The van der Waals surface area contributed by atoms with Crippen molar-refractivity contribution in [2.45, 2.75) is 19.4 Å². The number of aliphatic hydroxyl groups excluding tert-OH is 1. The molecular weight excluding hydrogens is 328 g/mol. The van der Waals surface area contributed by atoms with Crippen LogP contribution in [0.2, 0.25) is 0 Å². The number of nitrogens with one attached hydrogen (secondary N) is 1. The summed E-state index contributed by atoms with van der Waals surface area (Å²) in [6.07, 6.45) is 0. The molecule has 1 amide bonds. The van der Waals surface area contributed by atoms with Crippen molar-refractivity contribution in [1.29, 1.82) is 0 Å². The second kappa shape index (κ2) is 7.14. The molecule has 1 aromatic heterocycles. The predicted molar refractivity (Wildman–Crippen MR) is 102 cm³/mol. The van der Waals surface area contributed by atoms with Gasteiger partial charge in [-0.25, -0.2) is 4.98 Å². The highest BCUT2D eigenvalue weighted by Gasteiger charge is 2.22. The fourth-order valence-electron chi connectivity index (χ4n) is 2.69. The van der Waals surface area contributed by atoms with E-state index < -0.39 is 5.54 Å². The van der Waals surface area contributed by atoms with Gasteiger partial charge in [-0.2, -0.15) is 0 Å². The number of rotatable bonds is 5. The quantitative estimate of drug-likeness (QED) is 0.740. The number of hydrogen-bond acceptors (Lipinski definition) is 4. The highest BCUT2D eigenvalue weighted by Crippen LogP contribution is 2.26. The van der Waals surface area contributed by atoms with Gasteiger partial charge in [0.25, 0.3) is 5.91 Å². The van der Waals surface area contributed by atoms with Crippen molar-refractivity contribution < 1.29 is 14.6 Å². The summed E-state index contributed by atoms with van der Waals surface area (Å²) < 4.78 is 5.20. The van der Waals surface area contributed by atoms with Gasteiger partial charge in [0.15, 0.2) is 0 Å². The number of aliphatic hydroxyl groups is 1. The maximum Gasteiger partial charge on any atom is 0.252 e. The molecule has 0 saturated heterocycles. The van der Waals surface area contributed by atoms with Crippen LogP contribution in [0.3, 0.4) is 0 Å². The lowest BCUT2D eigenvalue weighted by atomic mass is 10.0. The summed E-state index contributed by atoms with van der Waals surface area (Å²) in [4.78, 5) is 17.5. The summed E-state index contributed by atoms with van der Waals surface area (Å²) in [6.45, 7) is 3.41. The minimum absolute atomic E-state index is 0.146. The molecule has 0 spiro atoms. The van der Waals surface area contributed by atoms with Crippen LogP contribution in [-0.2, 0) is 0 Å². The van der Waals surface area contributed by atoms with Crippen LogP contribution in [0.5, 0.6) is 5.75 Å². The zero-order valence-electron chi connectivity index (χ0n) is 15.1. The van der Waals surface area contributed by atoms with Crippen molar-refractivity contribution in [2.75, 3.05) is 13.7 Å². The highest BCUT2D eigenvalue weighted by molar-refractivity contribution is 6.07. The van der Waals surface area contributed by atoms with Crippen LogP contribution in [0.25, 0.3) is 22.2 Å². The van der Waals surface area contributed by atoms with Gasteiger partial charge in [-0.05, 0) is 50.2 Å². The second-order valence-electron chi connectivity index (χ2n) is 6.80. The second-order valence-corrected chi connectivity index (χ2v) is 6.80. The number of benzene rings is 2. The number of pyridine rings is 1.